The second kappa shape index (κ2) is 14.3. The molecule has 0 radical (unpaired) electrons. The van der Waals surface area contributed by atoms with Gasteiger partial charge in [-0.15, -0.1) is 0 Å². The molecular weight excluding hydrogens is 524 g/mol. The zero-order chi connectivity index (χ0) is 29.4. The van der Waals surface area contributed by atoms with E-state index in [1.165, 1.54) is 0 Å². The third-order valence-electron chi connectivity index (χ3n) is 7.46. The highest BCUT2D eigenvalue weighted by atomic mass is 16.6. The summed E-state index contributed by atoms with van der Waals surface area (Å²) < 4.78 is 23.2. The van der Waals surface area contributed by atoms with Crippen molar-refractivity contribution in [1.82, 2.24) is 9.80 Å². The highest BCUT2D eigenvalue weighted by molar-refractivity contribution is 6.46. The van der Waals surface area contributed by atoms with E-state index in [2.05, 4.69) is 25.7 Å². The summed E-state index contributed by atoms with van der Waals surface area (Å²) in [6.07, 6.45) is 2.60. The summed E-state index contributed by atoms with van der Waals surface area (Å²) in [6, 6.07) is 9.70. The van der Waals surface area contributed by atoms with Gasteiger partial charge in [0, 0.05) is 12.1 Å². The van der Waals surface area contributed by atoms with Crippen molar-refractivity contribution in [2.45, 2.75) is 53.0 Å². The Hall–Kier alpha value is -3.72. The van der Waals surface area contributed by atoms with Crippen LogP contribution in [0.15, 0.2) is 42.0 Å². The number of aliphatic hydroxyl groups is 1. The van der Waals surface area contributed by atoms with Crippen LogP contribution >= 0.6 is 0 Å². The molecule has 1 N–H and O–H groups in total. The normalized spacial score (nSPS) is 17.8. The van der Waals surface area contributed by atoms with Crippen LogP contribution in [0, 0.1) is 0 Å². The molecule has 1 fully saturated rings. The predicted octanol–water partition coefficient (Wildman–Crippen LogP) is 5.19. The molecule has 4 rings (SSSR count). The molecular formula is C32H42N2O7. The second-order valence-electron chi connectivity index (χ2n) is 10.1. The van der Waals surface area contributed by atoms with E-state index in [1.54, 1.807) is 23.1 Å². The lowest BCUT2D eigenvalue weighted by Gasteiger charge is -2.27. The minimum absolute atomic E-state index is 0.0385. The van der Waals surface area contributed by atoms with Crippen LogP contribution in [0.4, 0.5) is 0 Å². The topological polar surface area (TPSA) is 97.8 Å². The first-order valence-electron chi connectivity index (χ1n) is 14.7. The van der Waals surface area contributed by atoms with E-state index in [4.69, 9.17) is 18.9 Å². The van der Waals surface area contributed by atoms with Crippen LogP contribution in [-0.2, 0) is 9.59 Å². The van der Waals surface area contributed by atoms with Crippen LogP contribution in [0.1, 0.15) is 64.1 Å². The number of likely N-dealkylation sites (tertiary alicyclic amines) is 1. The van der Waals surface area contributed by atoms with Crippen molar-refractivity contribution in [1.29, 1.82) is 0 Å². The number of aliphatic hydroxyl groups excluding tert-OH is 1. The first-order chi connectivity index (χ1) is 19.9. The van der Waals surface area contributed by atoms with Crippen molar-refractivity contribution in [2.75, 3.05) is 52.6 Å². The van der Waals surface area contributed by atoms with Crippen LogP contribution in [0.25, 0.3) is 5.76 Å². The average Bonchev–Trinajstić information content (AvgIpc) is 3.24. The van der Waals surface area contributed by atoms with E-state index in [1.807, 2.05) is 25.1 Å². The fraction of sp³-hybridized carbons (Fsp3) is 0.500. The van der Waals surface area contributed by atoms with Crippen molar-refractivity contribution in [3.8, 4) is 23.0 Å². The number of carbonyl (C=O) groups excluding carboxylic acids is 2. The van der Waals surface area contributed by atoms with Gasteiger partial charge in [-0.1, -0.05) is 33.3 Å². The van der Waals surface area contributed by atoms with E-state index < -0.39 is 17.7 Å². The zero-order valence-electron chi connectivity index (χ0n) is 24.6. The third kappa shape index (κ3) is 6.78. The number of unbranched alkanes of at least 4 members (excludes halogenated alkanes) is 1. The molecule has 2 aliphatic heterocycles. The fourth-order valence-electron chi connectivity index (χ4n) is 5.22. The Bertz CT molecular complexity index is 1250. The maximum absolute atomic E-state index is 13.5. The van der Waals surface area contributed by atoms with Crippen LogP contribution in [-0.4, -0.2) is 79.2 Å². The molecule has 2 aromatic carbocycles. The Morgan fingerprint density at radius 1 is 0.951 bits per heavy atom. The number of hydrogen-bond acceptors (Lipinski definition) is 8. The van der Waals surface area contributed by atoms with Crippen LogP contribution < -0.4 is 18.9 Å². The molecule has 0 saturated carbocycles. The molecule has 0 spiro atoms. The van der Waals surface area contributed by atoms with Crippen LogP contribution in [0.3, 0.4) is 0 Å². The van der Waals surface area contributed by atoms with Gasteiger partial charge < -0.3 is 33.9 Å². The summed E-state index contributed by atoms with van der Waals surface area (Å²) in [7, 11) is 0. The van der Waals surface area contributed by atoms with Gasteiger partial charge in [0.1, 0.15) is 19.0 Å². The van der Waals surface area contributed by atoms with Gasteiger partial charge in [-0.05, 0) is 75.3 Å². The molecule has 9 heteroatoms. The largest absolute Gasteiger partial charge is 0.507 e. The molecule has 0 bridgehead atoms. The van der Waals surface area contributed by atoms with Gasteiger partial charge in [-0.3, -0.25) is 9.59 Å². The molecule has 2 aromatic rings. The van der Waals surface area contributed by atoms with E-state index in [9.17, 15) is 14.7 Å². The summed E-state index contributed by atoms with van der Waals surface area (Å²) >= 11 is 0. The monoisotopic (exact) mass is 566 g/mol. The van der Waals surface area contributed by atoms with Crippen LogP contribution in [0.2, 0.25) is 0 Å². The van der Waals surface area contributed by atoms with E-state index >= 15 is 0 Å². The SMILES string of the molecule is CCCCOc1ccc(C2/C(=C(/O)c3ccc4c(c3)OCCO4)C(=O)C(=O)N2CCCN(CC)CC)cc1OCC. The molecule has 41 heavy (non-hydrogen) atoms. The number of fused-ring (bicyclic) bond motifs is 1. The summed E-state index contributed by atoms with van der Waals surface area (Å²) in [5, 5.41) is 11.5. The molecule has 1 saturated heterocycles. The number of amides is 1. The van der Waals surface area contributed by atoms with Gasteiger partial charge in [-0.25, -0.2) is 0 Å². The van der Waals surface area contributed by atoms with Crippen LogP contribution in [0.5, 0.6) is 23.0 Å². The lowest BCUT2D eigenvalue weighted by atomic mass is 9.94. The first-order valence-corrected chi connectivity index (χ1v) is 14.7. The Morgan fingerprint density at radius 3 is 2.41 bits per heavy atom. The molecule has 1 atom stereocenters. The number of ketones is 1. The molecule has 2 aliphatic rings. The number of benzene rings is 2. The van der Waals surface area contributed by atoms with Crippen molar-refractivity contribution in [3.05, 3.63) is 53.1 Å². The van der Waals surface area contributed by atoms with Crippen molar-refractivity contribution in [3.63, 3.8) is 0 Å². The standard InChI is InChI=1S/C32H42N2O7/c1-5-9-17-39-24-13-11-22(20-26(24)38-8-4)29-28(30(35)23-12-14-25-27(21-23)41-19-18-40-25)31(36)32(37)34(29)16-10-15-33(6-2)7-3/h11-14,20-21,29,35H,5-10,15-19H2,1-4H3/b30-28-. The minimum Gasteiger partial charge on any atom is -0.507 e. The number of nitrogens with zero attached hydrogens (tertiary/aromatic N) is 2. The van der Waals surface area contributed by atoms with Crippen molar-refractivity contribution < 1.29 is 33.6 Å². The summed E-state index contributed by atoms with van der Waals surface area (Å²) in [4.78, 5) is 30.8. The lowest BCUT2D eigenvalue weighted by molar-refractivity contribution is -0.140. The van der Waals surface area contributed by atoms with Crippen molar-refractivity contribution >= 4 is 17.4 Å². The Balaban J connectivity index is 1.76. The minimum atomic E-state index is -0.788. The van der Waals surface area contributed by atoms with Gasteiger partial charge in [0.2, 0.25) is 0 Å². The molecule has 222 valence electrons. The van der Waals surface area contributed by atoms with Gasteiger partial charge in [-0.2, -0.15) is 0 Å². The van der Waals surface area contributed by atoms with Gasteiger partial charge in [0.25, 0.3) is 11.7 Å². The predicted molar refractivity (Wildman–Crippen MR) is 157 cm³/mol. The number of ether oxygens (including phenoxy) is 4. The molecule has 1 amide bonds. The quantitative estimate of drug-likeness (QED) is 0.144. The molecule has 2 heterocycles. The van der Waals surface area contributed by atoms with Gasteiger partial charge >= 0.3 is 0 Å². The summed E-state index contributed by atoms with van der Waals surface area (Å²) in [5.41, 5.74) is 1.08. The van der Waals surface area contributed by atoms with Gasteiger partial charge in [0.15, 0.2) is 23.0 Å². The number of hydrogen-bond donors (Lipinski definition) is 1. The Kier molecular flexibility index (Phi) is 10.5. The summed E-state index contributed by atoms with van der Waals surface area (Å²) in [5.74, 6) is 0.599. The molecule has 1 unspecified atom stereocenters. The average molecular weight is 567 g/mol. The number of rotatable bonds is 14. The molecule has 0 aliphatic carbocycles. The highest BCUT2D eigenvalue weighted by Gasteiger charge is 2.46. The highest BCUT2D eigenvalue weighted by Crippen LogP contribution is 2.43. The van der Waals surface area contributed by atoms with E-state index in [0.29, 0.717) is 73.5 Å². The molecule has 0 aromatic heterocycles. The number of Topliss-reactive ketones (excluding diaryl/α,β-unsaturated/α-hetero) is 1. The molecule has 9 nitrogen and oxygen atoms in total. The fourth-order valence-corrected chi connectivity index (χ4v) is 5.22. The lowest BCUT2D eigenvalue weighted by Crippen LogP contribution is -2.33. The maximum Gasteiger partial charge on any atom is 0.295 e. The second-order valence-corrected chi connectivity index (χ2v) is 10.1. The first kappa shape index (κ1) is 30.2. The van der Waals surface area contributed by atoms with Crippen molar-refractivity contribution in [2.24, 2.45) is 0 Å². The third-order valence-corrected chi connectivity index (χ3v) is 7.46. The Labute approximate surface area is 242 Å². The Morgan fingerprint density at radius 2 is 1.71 bits per heavy atom. The van der Waals surface area contributed by atoms with E-state index in [0.717, 1.165) is 32.5 Å². The zero-order valence-corrected chi connectivity index (χ0v) is 24.6. The maximum atomic E-state index is 13.5. The number of carbonyl (C=O) groups is 2. The smallest absolute Gasteiger partial charge is 0.295 e. The summed E-state index contributed by atoms with van der Waals surface area (Å²) in [6.45, 7) is 13.0. The van der Waals surface area contributed by atoms with E-state index in [-0.39, 0.29) is 11.3 Å². The van der Waals surface area contributed by atoms with Gasteiger partial charge in [0.05, 0.1) is 24.8 Å².